The second-order valence-corrected chi connectivity index (χ2v) is 8.17. The van der Waals surface area contributed by atoms with Gasteiger partial charge in [-0.1, -0.05) is 35.9 Å². The Morgan fingerprint density at radius 1 is 1.26 bits per heavy atom. The van der Waals surface area contributed by atoms with Crippen molar-refractivity contribution < 1.29 is 14.2 Å². The minimum absolute atomic E-state index is 0.135. The number of rotatable bonds is 9. The summed E-state index contributed by atoms with van der Waals surface area (Å²) in [5.74, 6) is 2.07. The van der Waals surface area contributed by atoms with Gasteiger partial charge in [-0.05, 0) is 42.7 Å². The van der Waals surface area contributed by atoms with Crippen LogP contribution in [0, 0.1) is 12.8 Å². The fourth-order valence-electron chi connectivity index (χ4n) is 3.50. The maximum absolute atomic E-state index is 6.14. The summed E-state index contributed by atoms with van der Waals surface area (Å²) in [4.78, 5) is 4.33. The molecule has 2 unspecified atom stereocenters. The number of aliphatic imine (C=N–C) groups is 1. The van der Waals surface area contributed by atoms with Crippen molar-refractivity contribution in [2.45, 2.75) is 26.0 Å². The van der Waals surface area contributed by atoms with E-state index in [1.54, 1.807) is 14.2 Å². The summed E-state index contributed by atoms with van der Waals surface area (Å²) in [5.41, 5.74) is 3.28. The van der Waals surface area contributed by atoms with Crippen LogP contribution in [0.2, 0.25) is 5.02 Å². The molecule has 2 atom stereocenters. The molecule has 0 amide bonds. The summed E-state index contributed by atoms with van der Waals surface area (Å²) in [6.07, 6.45) is 0.924. The van der Waals surface area contributed by atoms with Gasteiger partial charge in [0, 0.05) is 50.4 Å². The van der Waals surface area contributed by atoms with Crippen LogP contribution in [0.5, 0.6) is 5.75 Å². The van der Waals surface area contributed by atoms with Gasteiger partial charge in [0.05, 0.1) is 19.3 Å². The fraction of sp³-hybridized carbons (Fsp3) is 0.458. The molecule has 0 bridgehead atoms. The number of hydrogen-bond acceptors (Lipinski definition) is 4. The minimum Gasteiger partial charge on any atom is -0.493 e. The van der Waals surface area contributed by atoms with Gasteiger partial charge in [-0.25, -0.2) is 0 Å². The Morgan fingerprint density at radius 3 is 2.84 bits per heavy atom. The molecule has 3 rings (SSSR count). The number of nitrogens with zero attached hydrogens (tertiary/aromatic N) is 1. The van der Waals surface area contributed by atoms with Gasteiger partial charge in [0.2, 0.25) is 0 Å². The predicted octanol–water partition coefficient (Wildman–Crippen LogP) is 4.12. The van der Waals surface area contributed by atoms with Gasteiger partial charge in [-0.3, -0.25) is 4.99 Å². The monoisotopic (exact) mass is 445 g/mol. The van der Waals surface area contributed by atoms with Crippen molar-refractivity contribution in [2.24, 2.45) is 10.9 Å². The van der Waals surface area contributed by atoms with Gasteiger partial charge in [0.15, 0.2) is 5.96 Å². The maximum Gasteiger partial charge on any atom is 0.191 e. The molecule has 0 saturated carbocycles. The van der Waals surface area contributed by atoms with E-state index in [1.165, 1.54) is 5.56 Å². The summed E-state index contributed by atoms with van der Waals surface area (Å²) < 4.78 is 17.2. The maximum atomic E-state index is 6.14. The normalized spacial score (nSPS) is 17.4. The second kappa shape index (κ2) is 11.9. The second-order valence-electron chi connectivity index (χ2n) is 7.74. The molecule has 0 spiro atoms. The molecule has 1 aliphatic heterocycles. The van der Waals surface area contributed by atoms with Crippen LogP contribution in [0.1, 0.15) is 29.2 Å². The lowest BCUT2D eigenvalue weighted by Crippen LogP contribution is -2.39. The lowest BCUT2D eigenvalue weighted by atomic mass is 10.1. The molecule has 2 N–H and O–H groups in total. The molecule has 0 radical (unpaired) electrons. The number of nitrogens with one attached hydrogen (secondary N) is 2. The number of benzene rings is 2. The van der Waals surface area contributed by atoms with E-state index in [9.17, 15) is 0 Å². The molecule has 1 saturated heterocycles. The first-order chi connectivity index (χ1) is 15.1. The Morgan fingerprint density at radius 2 is 2.13 bits per heavy atom. The highest BCUT2D eigenvalue weighted by molar-refractivity contribution is 6.30. The third-order valence-electron chi connectivity index (χ3n) is 5.35. The van der Waals surface area contributed by atoms with E-state index in [1.807, 2.05) is 24.3 Å². The summed E-state index contributed by atoms with van der Waals surface area (Å²) in [6.45, 7) is 5.53. The van der Waals surface area contributed by atoms with E-state index < -0.39 is 0 Å². The third kappa shape index (κ3) is 7.13. The molecule has 168 valence electrons. The van der Waals surface area contributed by atoms with Crippen LogP contribution in [0.3, 0.4) is 0 Å². The average molecular weight is 446 g/mol. The van der Waals surface area contributed by atoms with Crippen molar-refractivity contribution in [3.8, 4) is 5.75 Å². The van der Waals surface area contributed by atoms with Crippen molar-refractivity contribution in [1.82, 2.24) is 10.6 Å². The van der Waals surface area contributed by atoms with Crippen LogP contribution in [0.4, 0.5) is 0 Å². The number of hydrogen-bond donors (Lipinski definition) is 2. The van der Waals surface area contributed by atoms with Crippen LogP contribution < -0.4 is 15.4 Å². The molecule has 2 aromatic rings. The number of halogens is 1. The number of aryl methyl sites for hydroxylation is 1. The molecule has 31 heavy (non-hydrogen) atoms. The molecule has 0 aliphatic carbocycles. The van der Waals surface area contributed by atoms with Crippen LogP contribution in [-0.2, 0) is 16.0 Å². The van der Waals surface area contributed by atoms with Crippen molar-refractivity contribution in [1.29, 1.82) is 0 Å². The van der Waals surface area contributed by atoms with E-state index in [0.29, 0.717) is 36.6 Å². The molecule has 6 nitrogen and oxygen atoms in total. The first-order valence-electron chi connectivity index (χ1n) is 10.6. The zero-order valence-electron chi connectivity index (χ0n) is 18.5. The highest BCUT2D eigenvalue weighted by Gasteiger charge is 2.17. The van der Waals surface area contributed by atoms with Crippen LogP contribution in [-0.4, -0.2) is 46.5 Å². The Labute approximate surface area is 190 Å². The first kappa shape index (κ1) is 23.4. The number of ether oxygens (including phenoxy) is 3. The van der Waals surface area contributed by atoms with Crippen molar-refractivity contribution >= 4 is 17.6 Å². The van der Waals surface area contributed by atoms with Crippen molar-refractivity contribution in [3.63, 3.8) is 0 Å². The highest BCUT2D eigenvalue weighted by Crippen LogP contribution is 2.23. The average Bonchev–Trinajstić information content (AvgIpc) is 3.29. The quantitative estimate of drug-likeness (QED) is 0.449. The smallest absolute Gasteiger partial charge is 0.191 e. The lowest BCUT2D eigenvalue weighted by Gasteiger charge is -2.20. The fourth-order valence-corrected chi connectivity index (χ4v) is 3.70. The summed E-state index contributed by atoms with van der Waals surface area (Å²) in [7, 11) is 3.44. The predicted molar refractivity (Wildman–Crippen MR) is 125 cm³/mol. The largest absolute Gasteiger partial charge is 0.493 e. The summed E-state index contributed by atoms with van der Waals surface area (Å²) in [5, 5.41) is 7.39. The zero-order chi connectivity index (χ0) is 22.1. The molecular formula is C24H32ClN3O3. The van der Waals surface area contributed by atoms with E-state index >= 15 is 0 Å². The van der Waals surface area contributed by atoms with E-state index in [0.717, 1.165) is 36.5 Å². The van der Waals surface area contributed by atoms with Crippen LogP contribution in [0.25, 0.3) is 0 Å². The van der Waals surface area contributed by atoms with E-state index in [2.05, 4.69) is 40.7 Å². The summed E-state index contributed by atoms with van der Waals surface area (Å²) >= 11 is 6.12. The minimum atomic E-state index is -0.135. The van der Waals surface area contributed by atoms with Gasteiger partial charge >= 0.3 is 0 Å². The van der Waals surface area contributed by atoms with Crippen molar-refractivity contribution in [2.75, 3.05) is 40.5 Å². The molecule has 1 aliphatic rings. The topological polar surface area (TPSA) is 64.1 Å². The van der Waals surface area contributed by atoms with E-state index in [-0.39, 0.29) is 6.10 Å². The Bertz CT molecular complexity index is 869. The van der Waals surface area contributed by atoms with Gasteiger partial charge in [0.25, 0.3) is 0 Å². The zero-order valence-corrected chi connectivity index (χ0v) is 19.2. The molecular weight excluding hydrogens is 414 g/mol. The van der Waals surface area contributed by atoms with Crippen LogP contribution >= 0.6 is 11.6 Å². The Kier molecular flexibility index (Phi) is 9.00. The SMILES string of the molecule is CN=C(NCc1ccc(C)cc1OCC1CCOC1)NCC(OC)c1cccc(Cl)c1. The van der Waals surface area contributed by atoms with Gasteiger partial charge in [-0.15, -0.1) is 0 Å². The van der Waals surface area contributed by atoms with Gasteiger partial charge < -0.3 is 24.8 Å². The van der Waals surface area contributed by atoms with Gasteiger partial charge in [-0.2, -0.15) is 0 Å². The van der Waals surface area contributed by atoms with E-state index in [4.69, 9.17) is 25.8 Å². The Balaban J connectivity index is 1.56. The number of methoxy groups -OCH3 is 1. The van der Waals surface area contributed by atoms with Crippen molar-refractivity contribution in [3.05, 3.63) is 64.2 Å². The molecule has 2 aromatic carbocycles. The molecule has 7 heteroatoms. The standard InChI is InChI=1S/C24H32ClN3O3/c1-17-7-8-20(22(11-17)31-16-18-9-10-30-15-18)13-27-24(26-2)28-14-23(29-3)19-5-4-6-21(25)12-19/h4-8,11-12,18,23H,9-10,13-16H2,1-3H3,(H2,26,27,28). The first-order valence-corrected chi connectivity index (χ1v) is 11.0. The third-order valence-corrected chi connectivity index (χ3v) is 5.59. The number of guanidine groups is 1. The molecule has 0 aromatic heterocycles. The molecule has 1 fully saturated rings. The highest BCUT2D eigenvalue weighted by atomic mass is 35.5. The Hall–Kier alpha value is -2.28. The summed E-state index contributed by atoms with van der Waals surface area (Å²) in [6, 6.07) is 14.0. The van der Waals surface area contributed by atoms with Crippen LogP contribution in [0.15, 0.2) is 47.5 Å². The molecule has 1 heterocycles. The lowest BCUT2D eigenvalue weighted by molar-refractivity contribution is 0.106. The van der Waals surface area contributed by atoms with Gasteiger partial charge in [0.1, 0.15) is 5.75 Å².